The molecule has 0 radical (unpaired) electrons. The molecule has 0 saturated carbocycles. The molecule has 0 aliphatic carbocycles. The van der Waals surface area contributed by atoms with Gasteiger partial charge in [0.15, 0.2) is 0 Å². The maximum Gasteiger partial charge on any atom is 0.246 e. The van der Waals surface area contributed by atoms with Crippen LogP contribution in [0.3, 0.4) is 0 Å². The maximum atomic E-state index is 12.6. The lowest BCUT2D eigenvalue weighted by Crippen LogP contribution is -2.47. The van der Waals surface area contributed by atoms with Crippen molar-refractivity contribution in [2.75, 3.05) is 33.3 Å². The first kappa shape index (κ1) is 22.2. The number of hydrogen-bond acceptors (Lipinski definition) is 6. The number of halogens is 1. The quantitative estimate of drug-likeness (QED) is 0.476. The van der Waals surface area contributed by atoms with Gasteiger partial charge in [-0.2, -0.15) is 4.98 Å². The molecule has 8 heteroatoms. The topological polar surface area (TPSA) is 71.7 Å². The largest absolute Gasteiger partial charge is 0.496 e. The van der Waals surface area contributed by atoms with E-state index in [1.165, 1.54) is 5.56 Å². The number of rotatable bonds is 6. The van der Waals surface area contributed by atoms with Crippen LogP contribution in [-0.2, 0) is 11.3 Å². The maximum absolute atomic E-state index is 12.6. The third-order valence-electron chi connectivity index (χ3n) is 5.42. The molecule has 1 aliphatic rings. The Balaban J connectivity index is 1.30. The van der Waals surface area contributed by atoms with Crippen molar-refractivity contribution in [2.45, 2.75) is 13.5 Å². The van der Waals surface area contributed by atoms with Crippen molar-refractivity contribution in [3.8, 4) is 17.1 Å². The smallest absolute Gasteiger partial charge is 0.246 e. The van der Waals surface area contributed by atoms with E-state index in [1.54, 1.807) is 19.3 Å². The lowest BCUT2D eigenvalue weighted by atomic mass is 10.1. The Labute approximate surface area is 195 Å². The van der Waals surface area contributed by atoms with Crippen molar-refractivity contribution in [3.63, 3.8) is 0 Å². The molecule has 166 valence electrons. The zero-order valence-corrected chi connectivity index (χ0v) is 19.7. The summed E-state index contributed by atoms with van der Waals surface area (Å²) in [5.74, 6) is 1.90. The minimum absolute atomic E-state index is 0.00822. The average Bonchev–Trinajstić information content (AvgIpc) is 3.27. The van der Waals surface area contributed by atoms with Gasteiger partial charge in [0.05, 0.1) is 13.7 Å². The molecule has 0 bridgehead atoms. The zero-order chi connectivity index (χ0) is 22.5. The Hall–Kier alpha value is -2.97. The summed E-state index contributed by atoms with van der Waals surface area (Å²) in [5, 5.41) is 4.10. The van der Waals surface area contributed by atoms with E-state index in [9.17, 15) is 4.79 Å². The third kappa shape index (κ3) is 5.44. The van der Waals surface area contributed by atoms with Crippen LogP contribution in [0.2, 0.25) is 0 Å². The van der Waals surface area contributed by atoms with Gasteiger partial charge < -0.3 is 14.2 Å². The van der Waals surface area contributed by atoms with Crippen molar-refractivity contribution < 1.29 is 14.1 Å². The van der Waals surface area contributed by atoms with E-state index >= 15 is 0 Å². The standard InChI is InChI=1S/C24H25BrN4O3/c1-17-3-5-18(6-4-17)24-26-22(32-27-24)16-28-11-13-29(14-12-28)23(30)10-7-19-15-20(25)8-9-21(19)31-2/h3-10,15H,11-14,16H2,1-2H3/b10-7+. The van der Waals surface area contributed by atoms with Crippen LogP contribution in [0, 0.1) is 6.92 Å². The van der Waals surface area contributed by atoms with E-state index < -0.39 is 0 Å². The lowest BCUT2D eigenvalue weighted by Gasteiger charge is -2.33. The predicted octanol–water partition coefficient (Wildman–Crippen LogP) is 4.17. The highest BCUT2D eigenvalue weighted by molar-refractivity contribution is 9.10. The van der Waals surface area contributed by atoms with Gasteiger partial charge >= 0.3 is 0 Å². The predicted molar refractivity (Wildman–Crippen MR) is 126 cm³/mol. The molecule has 4 rings (SSSR count). The number of ether oxygens (including phenoxy) is 1. The number of aromatic nitrogens is 2. The van der Waals surface area contributed by atoms with Crippen LogP contribution in [0.15, 0.2) is 57.5 Å². The summed E-state index contributed by atoms with van der Waals surface area (Å²) < 4.78 is 11.7. The molecule has 0 N–H and O–H groups in total. The summed E-state index contributed by atoms with van der Waals surface area (Å²) in [5.41, 5.74) is 2.99. The molecular formula is C24H25BrN4O3. The van der Waals surface area contributed by atoms with Crippen molar-refractivity contribution in [1.29, 1.82) is 0 Å². The summed E-state index contributed by atoms with van der Waals surface area (Å²) in [7, 11) is 1.62. The summed E-state index contributed by atoms with van der Waals surface area (Å²) >= 11 is 3.45. The Morgan fingerprint density at radius 3 is 2.62 bits per heavy atom. The summed E-state index contributed by atoms with van der Waals surface area (Å²) in [6, 6.07) is 13.7. The molecule has 1 fully saturated rings. The molecule has 7 nitrogen and oxygen atoms in total. The normalized spacial score (nSPS) is 14.8. The number of carbonyl (C=O) groups is 1. The lowest BCUT2D eigenvalue weighted by molar-refractivity contribution is -0.127. The van der Waals surface area contributed by atoms with Crippen molar-refractivity contribution >= 4 is 27.9 Å². The number of nitrogens with zero attached hydrogens (tertiary/aromatic N) is 4. The summed E-state index contributed by atoms with van der Waals surface area (Å²) in [6.45, 7) is 5.43. The number of benzene rings is 2. The Morgan fingerprint density at radius 1 is 1.16 bits per heavy atom. The van der Waals surface area contributed by atoms with Gasteiger partial charge in [-0.15, -0.1) is 0 Å². The van der Waals surface area contributed by atoms with E-state index in [2.05, 4.69) is 31.0 Å². The number of methoxy groups -OCH3 is 1. The van der Waals surface area contributed by atoms with Crippen LogP contribution in [0.1, 0.15) is 17.0 Å². The number of amides is 1. The van der Waals surface area contributed by atoms with Crippen molar-refractivity contribution in [2.24, 2.45) is 0 Å². The van der Waals surface area contributed by atoms with Gasteiger partial charge in [0.25, 0.3) is 0 Å². The number of aryl methyl sites for hydroxylation is 1. The van der Waals surface area contributed by atoms with Gasteiger partial charge in [0.1, 0.15) is 5.75 Å². The molecule has 32 heavy (non-hydrogen) atoms. The minimum atomic E-state index is -0.00822. The first-order valence-corrected chi connectivity index (χ1v) is 11.2. The highest BCUT2D eigenvalue weighted by Crippen LogP contribution is 2.24. The first-order chi connectivity index (χ1) is 15.5. The van der Waals surface area contributed by atoms with Gasteiger partial charge in [-0.25, -0.2) is 0 Å². The van der Waals surface area contributed by atoms with Gasteiger partial charge in [0.2, 0.25) is 17.6 Å². The minimum Gasteiger partial charge on any atom is -0.496 e. The molecule has 1 amide bonds. The summed E-state index contributed by atoms with van der Waals surface area (Å²) in [4.78, 5) is 21.2. The van der Waals surface area contributed by atoms with Crippen LogP contribution in [-0.4, -0.2) is 59.1 Å². The molecule has 0 unspecified atom stereocenters. The molecule has 0 atom stereocenters. The van der Waals surface area contributed by atoms with Crippen molar-refractivity contribution in [1.82, 2.24) is 19.9 Å². The van der Waals surface area contributed by atoms with Gasteiger partial charge in [0, 0.05) is 47.9 Å². The second-order valence-electron chi connectivity index (χ2n) is 7.70. The highest BCUT2D eigenvalue weighted by Gasteiger charge is 2.21. The number of piperazine rings is 1. The van der Waals surface area contributed by atoms with E-state index in [-0.39, 0.29) is 5.91 Å². The van der Waals surface area contributed by atoms with Crippen LogP contribution < -0.4 is 4.74 Å². The third-order valence-corrected chi connectivity index (χ3v) is 5.91. The molecule has 0 spiro atoms. The average molecular weight is 497 g/mol. The fourth-order valence-electron chi connectivity index (χ4n) is 3.56. The number of hydrogen-bond donors (Lipinski definition) is 0. The Kier molecular flexibility index (Phi) is 7.02. The Morgan fingerprint density at radius 2 is 1.91 bits per heavy atom. The molecule has 2 aromatic carbocycles. The number of carbonyl (C=O) groups excluding carboxylic acids is 1. The first-order valence-electron chi connectivity index (χ1n) is 10.4. The fourth-order valence-corrected chi connectivity index (χ4v) is 3.94. The highest BCUT2D eigenvalue weighted by atomic mass is 79.9. The second kappa shape index (κ2) is 10.1. The fraction of sp³-hybridized carbons (Fsp3) is 0.292. The molecule has 2 heterocycles. The van der Waals surface area contributed by atoms with Crippen LogP contribution >= 0.6 is 15.9 Å². The monoisotopic (exact) mass is 496 g/mol. The molecule has 1 aliphatic heterocycles. The van der Waals surface area contributed by atoms with Crippen molar-refractivity contribution in [3.05, 3.63) is 70.0 Å². The van der Waals surface area contributed by atoms with Crippen LogP contribution in [0.25, 0.3) is 17.5 Å². The SMILES string of the molecule is COc1ccc(Br)cc1/C=C/C(=O)N1CCN(Cc2nc(-c3ccc(C)cc3)no2)CC1. The molecule has 3 aromatic rings. The van der Waals surface area contributed by atoms with Crippen LogP contribution in [0.5, 0.6) is 5.75 Å². The van der Waals surface area contributed by atoms with Gasteiger partial charge in [-0.05, 0) is 31.2 Å². The van der Waals surface area contributed by atoms with E-state index in [4.69, 9.17) is 9.26 Å². The second-order valence-corrected chi connectivity index (χ2v) is 8.61. The molecular weight excluding hydrogens is 472 g/mol. The Bertz CT molecular complexity index is 1100. The summed E-state index contributed by atoms with van der Waals surface area (Å²) in [6.07, 6.45) is 3.40. The van der Waals surface area contributed by atoms with Crippen LogP contribution in [0.4, 0.5) is 0 Å². The van der Waals surface area contributed by atoms with E-state index in [0.717, 1.165) is 34.4 Å². The molecule has 1 saturated heterocycles. The van der Waals surface area contributed by atoms with E-state index in [0.29, 0.717) is 31.3 Å². The van der Waals surface area contributed by atoms with Gasteiger partial charge in [-0.1, -0.05) is 50.9 Å². The van der Waals surface area contributed by atoms with E-state index in [1.807, 2.05) is 54.3 Å². The zero-order valence-electron chi connectivity index (χ0n) is 18.1. The van der Waals surface area contributed by atoms with Gasteiger partial charge in [-0.3, -0.25) is 9.69 Å². The molecule has 1 aromatic heterocycles.